The van der Waals surface area contributed by atoms with Crippen molar-refractivity contribution in [2.24, 2.45) is 11.3 Å². The zero-order valence-electron chi connectivity index (χ0n) is 22.5. The second-order valence-corrected chi connectivity index (χ2v) is 11.8. The highest BCUT2D eigenvalue weighted by molar-refractivity contribution is 5.70. The number of hydrogen-bond donors (Lipinski definition) is 1. The number of aliphatic carboxylic acids is 1. The average Bonchev–Trinajstić information content (AvgIpc) is 3.68. The van der Waals surface area contributed by atoms with Gasteiger partial charge in [0.15, 0.2) is 0 Å². The first-order chi connectivity index (χ1) is 17.8. The third-order valence-corrected chi connectivity index (χ3v) is 8.67. The van der Waals surface area contributed by atoms with Crippen LogP contribution in [0, 0.1) is 11.3 Å². The summed E-state index contributed by atoms with van der Waals surface area (Å²) >= 11 is 0. The van der Waals surface area contributed by atoms with Gasteiger partial charge in [-0.05, 0) is 101 Å². The fourth-order valence-electron chi connectivity index (χ4n) is 6.36. The molecule has 1 N–H and O–H groups in total. The van der Waals surface area contributed by atoms with Crippen LogP contribution >= 0.6 is 0 Å². The van der Waals surface area contributed by atoms with Crippen LogP contribution in [0.5, 0.6) is 5.75 Å². The predicted octanol–water partition coefficient (Wildman–Crippen LogP) is 8.76. The molecule has 0 saturated heterocycles. The highest BCUT2D eigenvalue weighted by atomic mass is 16.5. The lowest BCUT2D eigenvalue weighted by Crippen LogP contribution is -2.16. The van der Waals surface area contributed by atoms with Crippen molar-refractivity contribution in [1.82, 2.24) is 0 Å². The zero-order chi connectivity index (χ0) is 26.0. The molecule has 2 aliphatic carbocycles. The molecule has 3 nitrogen and oxygen atoms in total. The van der Waals surface area contributed by atoms with Crippen molar-refractivity contribution in [2.75, 3.05) is 0 Å². The van der Waals surface area contributed by atoms with Crippen LogP contribution in [0.4, 0.5) is 0 Å². The number of ether oxygens (including phenoxy) is 1. The Labute approximate surface area is 221 Å². The van der Waals surface area contributed by atoms with Gasteiger partial charge < -0.3 is 9.84 Å². The van der Waals surface area contributed by atoms with E-state index in [1.165, 1.54) is 47.1 Å². The molecule has 0 bridgehead atoms. The van der Waals surface area contributed by atoms with Gasteiger partial charge in [0.1, 0.15) is 12.4 Å². The van der Waals surface area contributed by atoms with Gasteiger partial charge in [0, 0.05) is 0 Å². The van der Waals surface area contributed by atoms with Crippen molar-refractivity contribution < 1.29 is 14.6 Å². The second-order valence-electron chi connectivity index (χ2n) is 11.8. The second kappa shape index (κ2) is 10.7. The molecule has 2 atom stereocenters. The van der Waals surface area contributed by atoms with E-state index in [4.69, 9.17) is 4.74 Å². The molecule has 0 unspecified atom stereocenters. The first-order valence-electron chi connectivity index (χ1n) is 14.0. The zero-order valence-corrected chi connectivity index (χ0v) is 22.5. The number of carboxylic acids is 1. The van der Waals surface area contributed by atoms with Gasteiger partial charge in [0.25, 0.3) is 0 Å². The number of rotatable bonds is 10. The molecule has 2 fully saturated rings. The van der Waals surface area contributed by atoms with Crippen molar-refractivity contribution in [1.29, 1.82) is 0 Å². The summed E-state index contributed by atoms with van der Waals surface area (Å²) in [4.78, 5) is 11.4. The Hall–Kier alpha value is -3.07. The minimum atomic E-state index is -0.727. The van der Waals surface area contributed by atoms with Crippen LogP contribution in [-0.2, 0) is 17.8 Å². The molecule has 0 radical (unpaired) electrons. The summed E-state index contributed by atoms with van der Waals surface area (Å²) < 4.78 is 6.29. The van der Waals surface area contributed by atoms with Crippen LogP contribution in [0.2, 0.25) is 0 Å². The van der Waals surface area contributed by atoms with Gasteiger partial charge in [0.2, 0.25) is 0 Å². The SMILES string of the molecule is CCc1cccc(-c2ccc(COc3cccc([C@H](CC(=O)O)C4CC4)c3)cc2[C@@H]2CCCC2(C)C)c1. The topological polar surface area (TPSA) is 46.5 Å². The maximum Gasteiger partial charge on any atom is 0.303 e. The minimum absolute atomic E-state index is 0.0791. The number of carboxylic acid groups (broad SMARTS) is 1. The van der Waals surface area contributed by atoms with E-state index in [2.05, 4.69) is 75.4 Å². The van der Waals surface area contributed by atoms with E-state index >= 15 is 0 Å². The molecule has 3 aromatic carbocycles. The van der Waals surface area contributed by atoms with Crippen molar-refractivity contribution in [2.45, 2.75) is 84.2 Å². The Morgan fingerprint density at radius 3 is 2.51 bits per heavy atom. The van der Waals surface area contributed by atoms with Crippen molar-refractivity contribution in [3.05, 3.63) is 89.0 Å². The molecule has 0 amide bonds. The van der Waals surface area contributed by atoms with Crippen LogP contribution in [0.1, 0.15) is 93.4 Å². The van der Waals surface area contributed by atoms with Gasteiger partial charge in [0.05, 0.1) is 6.42 Å². The predicted molar refractivity (Wildman–Crippen MR) is 150 cm³/mol. The molecule has 3 aromatic rings. The molecule has 2 saturated carbocycles. The molecule has 37 heavy (non-hydrogen) atoms. The summed E-state index contributed by atoms with van der Waals surface area (Å²) in [7, 11) is 0. The molecule has 194 valence electrons. The van der Waals surface area contributed by atoms with Gasteiger partial charge in [-0.3, -0.25) is 4.79 Å². The van der Waals surface area contributed by atoms with Crippen molar-refractivity contribution in [3.8, 4) is 16.9 Å². The monoisotopic (exact) mass is 496 g/mol. The molecule has 5 rings (SSSR count). The maximum absolute atomic E-state index is 11.4. The van der Waals surface area contributed by atoms with Gasteiger partial charge >= 0.3 is 5.97 Å². The van der Waals surface area contributed by atoms with Crippen LogP contribution in [0.3, 0.4) is 0 Å². The Kier molecular flexibility index (Phi) is 7.42. The maximum atomic E-state index is 11.4. The van der Waals surface area contributed by atoms with E-state index in [1.807, 2.05) is 12.1 Å². The van der Waals surface area contributed by atoms with E-state index in [-0.39, 0.29) is 17.8 Å². The number of hydrogen-bond acceptors (Lipinski definition) is 2. The quantitative estimate of drug-likeness (QED) is 0.305. The third-order valence-electron chi connectivity index (χ3n) is 8.67. The Balaban J connectivity index is 1.40. The fraction of sp³-hybridized carbons (Fsp3) is 0.441. The van der Waals surface area contributed by atoms with Gasteiger partial charge in [-0.25, -0.2) is 0 Å². The molecule has 0 spiro atoms. The fourth-order valence-corrected chi connectivity index (χ4v) is 6.36. The lowest BCUT2D eigenvalue weighted by atomic mass is 9.75. The van der Waals surface area contributed by atoms with E-state index in [0.29, 0.717) is 18.4 Å². The summed E-state index contributed by atoms with van der Waals surface area (Å²) in [6.45, 7) is 7.55. The Bertz CT molecular complexity index is 1250. The largest absolute Gasteiger partial charge is 0.489 e. The molecule has 3 heteroatoms. The van der Waals surface area contributed by atoms with Crippen LogP contribution in [0.25, 0.3) is 11.1 Å². The van der Waals surface area contributed by atoms with Crippen LogP contribution in [0.15, 0.2) is 66.7 Å². The van der Waals surface area contributed by atoms with E-state index in [0.717, 1.165) is 30.6 Å². The Morgan fingerprint density at radius 1 is 1.00 bits per heavy atom. The summed E-state index contributed by atoms with van der Waals surface area (Å²) in [6.07, 6.45) is 7.24. The normalized spacial score (nSPS) is 19.5. The van der Waals surface area contributed by atoms with Gasteiger partial charge in [-0.15, -0.1) is 0 Å². The molecular formula is C34H40O3. The average molecular weight is 497 g/mol. The van der Waals surface area contributed by atoms with Crippen LogP contribution < -0.4 is 4.74 Å². The first kappa shape index (κ1) is 25.6. The molecule has 0 heterocycles. The van der Waals surface area contributed by atoms with E-state index in [1.54, 1.807) is 0 Å². The number of carbonyl (C=O) groups is 1. The van der Waals surface area contributed by atoms with Crippen molar-refractivity contribution in [3.63, 3.8) is 0 Å². The molecule has 0 aliphatic heterocycles. The lowest BCUT2D eigenvalue weighted by Gasteiger charge is -2.30. The molecule has 0 aromatic heterocycles. The van der Waals surface area contributed by atoms with Crippen molar-refractivity contribution >= 4 is 5.97 Å². The Morgan fingerprint density at radius 2 is 1.81 bits per heavy atom. The molecular weight excluding hydrogens is 456 g/mol. The first-order valence-corrected chi connectivity index (χ1v) is 14.0. The highest BCUT2D eigenvalue weighted by Crippen LogP contribution is 2.51. The number of benzene rings is 3. The highest BCUT2D eigenvalue weighted by Gasteiger charge is 2.37. The third kappa shape index (κ3) is 5.92. The van der Waals surface area contributed by atoms with Crippen LogP contribution in [-0.4, -0.2) is 11.1 Å². The summed E-state index contributed by atoms with van der Waals surface area (Å²) in [5, 5.41) is 9.40. The summed E-state index contributed by atoms with van der Waals surface area (Å²) in [6, 6.07) is 24.0. The summed E-state index contributed by atoms with van der Waals surface area (Å²) in [5.41, 5.74) is 8.02. The van der Waals surface area contributed by atoms with Gasteiger partial charge in [-0.2, -0.15) is 0 Å². The van der Waals surface area contributed by atoms with E-state index < -0.39 is 5.97 Å². The lowest BCUT2D eigenvalue weighted by molar-refractivity contribution is -0.137. The van der Waals surface area contributed by atoms with E-state index in [9.17, 15) is 9.90 Å². The minimum Gasteiger partial charge on any atom is -0.489 e. The number of aryl methyl sites for hydroxylation is 1. The standard InChI is InChI=1S/C34H40O3/c1-4-23-8-5-9-26(18-23)29-16-13-24(19-31(29)32-12-7-17-34(32,2)3)22-37-28-11-6-10-27(20-28)30(21-33(35)36)25-14-15-25/h5-6,8-11,13,16,18-20,25,30,32H,4,7,12,14-15,17,21-22H2,1-3H3,(H,35,36)/t30-,32+/m1/s1. The molecule has 2 aliphatic rings. The smallest absolute Gasteiger partial charge is 0.303 e. The summed E-state index contributed by atoms with van der Waals surface area (Å²) in [5.74, 6) is 1.19. The van der Waals surface area contributed by atoms with Gasteiger partial charge in [-0.1, -0.05) is 81.8 Å².